The lowest BCUT2D eigenvalue weighted by molar-refractivity contribution is -0.145. The molecule has 2 unspecified atom stereocenters. The molecule has 132 valence electrons. The maximum Gasteiger partial charge on any atom is 0.323 e. The van der Waals surface area contributed by atoms with Crippen LogP contribution in [-0.2, 0) is 9.59 Å². The van der Waals surface area contributed by atoms with Gasteiger partial charge < -0.3 is 19.5 Å². The average molecular weight is 335 g/mol. The number of nitrogens with zero attached hydrogens (tertiary/aromatic N) is 1. The largest absolute Gasteiger partial charge is 0.497 e. The van der Waals surface area contributed by atoms with Crippen LogP contribution in [0.5, 0.6) is 11.5 Å². The molecule has 2 rings (SSSR count). The van der Waals surface area contributed by atoms with Gasteiger partial charge in [-0.25, -0.2) is 0 Å². The Hall–Kier alpha value is -2.24. The molecule has 1 N–H and O–H groups in total. The Balaban J connectivity index is 2.15. The lowest BCUT2D eigenvalue weighted by Crippen LogP contribution is -2.39. The summed E-state index contributed by atoms with van der Waals surface area (Å²) in [6.07, 6.45) is 0.705. The van der Waals surface area contributed by atoms with Gasteiger partial charge in [0.1, 0.15) is 18.0 Å². The van der Waals surface area contributed by atoms with E-state index in [-0.39, 0.29) is 30.2 Å². The predicted octanol–water partition coefficient (Wildman–Crippen LogP) is 2.38. The average Bonchev–Trinajstić information content (AvgIpc) is 3.32. The van der Waals surface area contributed by atoms with Crippen LogP contribution < -0.4 is 9.47 Å². The summed E-state index contributed by atoms with van der Waals surface area (Å²) in [6.45, 7) is 4.13. The minimum absolute atomic E-state index is 0.0472. The third kappa shape index (κ3) is 4.19. The van der Waals surface area contributed by atoms with E-state index in [1.54, 1.807) is 14.2 Å². The fraction of sp³-hybridized carbons (Fsp3) is 0.556. The van der Waals surface area contributed by atoms with Gasteiger partial charge in [0.05, 0.1) is 14.2 Å². The lowest BCUT2D eigenvalue weighted by Gasteiger charge is -2.23. The van der Waals surface area contributed by atoms with Crippen molar-refractivity contribution in [1.29, 1.82) is 0 Å². The van der Waals surface area contributed by atoms with Gasteiger partial charge in [-0.3, -0.25) is 9.59 Å². The summed E-state index contributed by atoms with van der Waals surface area (Å²) in [7, 11) is 3.19. The third-order valence-corrected chi connectivity index (χ3v) is 4.17. The highest BCUT2D eigenvalue weighted by Gasteiger charge is 2.47. The number of amides is 1. The topological polar surface area (TPSA) is 76.1 Å². The van der Waals surface area contributed by atoms with Crippen LogP contribution in [0.4, 0.5) is 0 Å². The molecule has 1 aliphatic carbocycles. The second kappa shape index (κ2) is 7.55. The molecule has 1 aliphatic rings. The summed E-state index contributed by atoms with van der Waals surface area (Å²) in [5, 5.41) is 9.05. The van der Waals surface area contributed by atoms with E-state index < -0.39 is 5.97 Å². The quantitative estimate of drug-likeness (QED) is 0.789. The van der Waals surface area contributed by atoms with Crippen LogP contribution in [0.1, 0.15) is 31.7 Å². The summed E-state index contributed by atoms with van der Waals surface area (Å²) in [5.41, 5.74) is 0.940. The van der Waals surface area contributed by atoms with Crippen LogP contribution in [0.25, 0.3) is 0 Å². The third-order valence-electron chi connectivity index (χ3n) is 4.17. The highest BCUT2D eigenvalue weighted by molar-refractivity contribution is 5.86. The van der Waals surface area contributed by atoms with Crippen molar-refractivity contribution in [2.24, 2.45) is 11.8 Å². The van der Waals surface area contributed by atoms with Gasteiger partial charge in [0.15, 0.2) is 0 Å². The maximum absolute atomic E-state index is 12.7. The number of carboxylic acids is 1. The normalized spacial score (nSPS) is 19.0. The Morgan fingerprint density at radius 3 is 2.54 bits per heavy atom. The fourth-order valence-corrected chi connectivity index (χ4v) is 3.01. The van der Waals surface area contributed by atoms with Gasteiger partial charge in [-0.2, -0.15) is 0 Å². The Morgan fingerprint density at radius 1 is 1.29 bits per heavy atom. The molecule has 1 fully saturated rings. The summed E-state index contributed by atoms with van der Waals surface area (Å²) >= 11 is 0. The number of benzene rings is 1. The van der Waals surface area contributed by atoms with E-state index in [0.717, 1.165) is 11.3 Å². The Labute approximate surface area is 142 Å². The Morgan fingerprint density at radius 2 is 2.00 bits per heavy atom. The zero-order valence-electron chi connectivity index (χ0n) is 14.6. The van der Waals surface area contributed by atoms with E-state index in [1.165, 1.54) is 4.90 Å². The molecule has 0 saturated heterocycles. The Bertz CT molecular complexity index is 613. The molecule has 1 amide bonds. The van der Waals surface area contributed by atoms with Gasteiger partial charge in [0.25, 0.3) is 0 Å². The molecular formula is C18H25NO5. The highest BCUT2D eigenvalue weighted by Crippen LogP contribution is 2.52. The number of carbonyl (C=O) groups is 2. The first-order chi connectivity index (χ1) is 11.4. The summed E-state index contributed by atoms with van der Waals surface area (Å²) in [5.74, 6) is 0.436. The number of carbonyl (C=O) groups excluding carboxylic acids is 1. The van der Waals surface area contributed by atoms with Crippen LogP contribution in [0.15, 0.2) is 18.2 Å². The number of hydrogen-bond donors (Lipinski definition) is 1. The molecule has 0 heterocycles. The van der Waals surface area contributed by atoms with E-state index in [1.807, 2.05) is 32.0 Å². The predicted molar refractivity (Wildman–Crippen MR) is 89.4 cm³/mol. The minimum atomic E-state index is -0.986. The molecule has 0 radical (unpaired) electrons. The molecule has 6 heteroatoms. The molecule has 0 aromatic heterocycles. The zero-order chi connectivity index (χ0) is 17.9. The Kier molecular flexibility index (Phi) is 5.70. The molecular weight excluding hydrogens is 310 g/mol. The number of rotatable bonds is 8. The van der Waals surface area contributed by atoms with E-state index in [4.69, 9.17) is 14.6 Å². The zero-order valence-corrected chi connectivity index (χ0v) is 14.6. The molecule has 0 aliphatic heterocycles. The van der Waals surface area contributed by atoms with Crippen molar-refractivity contribution in [2.75, 3.05) is 27.3 Å². The van der Waals surface area contributed by atoms with Crippen molar-refractivity contribution >= 4 is 11.9 Å². The molecule has 1 aromatic rings. The number of carboxylic acid groups (broad SMARTS) is 1. The minimum Gasteiger partial charge on any atom is -0.497 e. The molecule has 1 aromatic carbocycles. The second-order valence-corrected chi connectivity index (χ2v) is 6.56. The standard InChI is InChI=1S/C18H25NO5/c1-11(2)9-19(10-17(20)21)18(22)15-8-13(15)14-7-12(23-3)5-6-16(14)24-4/h5-7,11,13,15H,8-10H2,1-4H3,(H,20,21). The van der Waals surface area contributed by atoms with Crippen molar-refractivity contribution in [3.63, 3.8) is 0 Å². The highest BCUT2D eigenvalue weighted by atomic mass is 16.5. The summed E-state index contributed by atoms with van der Waals surface area (Å²) < 4.78 is 10.6. The van der Waals surface area contributed by atoms with Crippen LogP contribution in [0.3, 0.4) is 0 Å². The van der Waals surface area contributed by atoms with Crippen LogP contribution in [0, 0.1) is 11.8 Å². The maximum atomic E-state index is 12.7. The van der Waals surface area contributed by atoms with Crippen molar-refractivity contribution in [3.05, 3.63) is 23.8 Å². The van der Waals surface area contributed by atoms with E-state index >= 15 is 0 Å². The van der Waals surface area contributed by atoms with Crippen LogP contribution in [0.2, 0.25) is 0 Å². The van der Waals surface area contributed by atoms with Crippen molar-refractivity contribution < 1.29 is 24.2 Å². The monoisotopic (exact) mass is 335 g/mol. The van der Waals surface area contributed by atoms with Gasteiger partial charge in [0.2, 0.25) is 5.91 Å². The summed E-state index contributed by atoms with van der Waals surface area (Å²) in [4.78, 5) is 25.2. The molecule has 2 atom stereocenters. The van der Waals surface area contributed by atoms with Crippen molar-refractivity contribution in [1.82, 2.24) is 4.90 Å². The number of aliphatic carboxylic acids is 1. The smallest absolute Gasteiger partial charge is 0.323 e. The van der Waals surface area contributed by atoms with E-state index in [2.05, 4.69) is 0 Å². The number of ether oxygens (including phenoxy) is 2. The van der Waals surface area contributed by atoms with Gasteiger partial charge in [-0.05, 0) is 30.5 Å². The SMILES string of the molecule is COc1ccc(OC)c(C2CC2C(=O)N(CC(=O)O)CC(C)C)c1. The molecule has 0 spiro atoms. The number of hydrogen-bond acceptors (Lipinski definition) is 4. The van der Waals surface area contributed by atoms with Crippen LogP contribution in [-0.4, -0.2) is 49.2 Å². The summed E-state index contributed by atoms with van der Waals surface area (Å²) in [6, 6.07) is 5.54. The first kappa shape index (κ1) is 18.1. The fourth-order valence-electron chi connectivity index (χ4n) is 3.01. The van der Waals surface area contributed by atoms with Crippen molar-refractivity contribution in [2.45, 2.75) is 26.2 Å². The second-order valence-electron chi connectivity index (χ2n) is 6.56. The molecule has 6 nitrogen and oxygen atoms in total. The van der Waals surface area contributed by atoms with Gasteiger partial charge in [-0.15, -0.1) is 0 Å². The van der Waals surface area contributed by atoms with E-state index in [0.29, 0.717) is 18.7 Å². The molecule has 24 heavy (non-hydrogen) atoms. The molecule has 0 bridgehead atoms. The van der Waals surface area contributed by atoms with Crippen molar-refractivity contribution in [3.8, 4) is 11.5 Å². The van der Waals surface area contributed by atoms with Gasteiger partial charge >= 0.3 is 5.97 Å². The lowest BCUT2D eigenvalue weighted by atomic mass is 10.1. The first-order valence-electron chi connectivity index (χ1n) is 8.09. The van der Waals surface area contributed by atoms with Gasteiger partial charge in [-0.1, -0.05) is 13.8 Å². The van der Waals surface area contributed by atoms with Crippen LogP contribution >= 0.6 is 0 Å². The molecule has 1 saturated carbocycles. The van der Waals surface area contributed by atoms with E-state index in [9.17, 15) is 9.59 Å². The van der Waals surface area contributed by atoms with Gasteiger partial charge in [0, 0.05) is 23.9 Å². The number of methoxy groups -OCH3 is 2. The first-order valence-corrected chi connectivity index (χ1v) is 8.09.